The number of nitrogens with zero attached hydrogens (tertiary/aromatic N) is 2. The number of amides is 2. The van der Waals surface area contributed by atoms with E-state index in [4.69, 9.17) is 4.99 Å². The van der Waals surface area contributed by atoms with Gasteiger partial charge in [-0.2, -0.15) is 0 Å². The van der Waals surface area contributed by atoms with Crippen molar-refractivity contribution in [2.45, 2.75) is 51.3 Å². The van der Waals surface area contributed by atoms with Gasteiger partial charge in [0.25, 0.3) is 0 Å². The third-order valence-corrected chi connectivity index (χ3v) is 6.62. The van der Waals surface area contributed by atoms with E-state index in [1.165, 1.54) is 18.7 Å². The third kappa shape index (κ3) is 4.71. The van der Waals surface area contributed by atoms with Crippen molar-refractivity contribution in [3.63, 3.8) is 0 Å². The van der Waals surface area contributed by atoms with Gasteiger partial charge in [-0.3, -0.25) is 19.3 Å². The predicted molar refractivity (Wildman–Crippen MR) is 124 cm³/mol. The molecular weight excluding hydrogens is 410 g/mol. The largest absolute Gasteiger partial charge is 0.326 e. The van der Waals surface area contributed by atoms with Crippen LogP contribution in [0, 0.1) is 13.8 Å². The number of benzene rings is 2. The van der Waals surface area contributed by atoms with Crippen LogP contribution in [0.25, 0.3) is 0 Å². The van der Waals surface area contributed by atoms with Gasteiger partial charge < -0.3 is 5.32 Å². The molecule has 7 heteroatoms. The van der Waals surface area contributed by atoms with E-state index in [0.717, 1.165) is 29.7 Å². The standard InChI is InChI=1S/C24H25N3O3S/c1-14-5-4-6-15(2)22(14)26-24-27(19-11-12-19)23(30)20(31-24)13-21(29)25-18-9-7-17(8-10-18)16(3)28/h4-10,19-20H,11-13H2,1-3H3,(H,25,29). The first kappa shape index (κ1) is 21.3. The summed E-state index contributed by atoms with van der Waals surface area (Å²) in [5.41, 5.74) is 4.21. The zero-order chi connectivity index (χ0) is 22.1. The number of Topliss-reactive ketones (excluding diaryl/α,β-unsaturated/α-hetero) is 1. The first-order valence-electron chi connectivity index (χ1n) is 10.4. The van der Waals surface area contributed by atoms with E-state index < -0.39 is 5.25 Å². The molecule has 0 bridgehead atoms. The van der Waals surface area contributed by atoms with E-state index in [9.17, 15) is 14.4 Å². The topological polar surface area (TPSA) is 78.8 Å². The molecule has 1 N–H and O–H groups in total. The predicted octanol–water partition coefficient (Wildman–Crippen LogP) is 4.63. The Morgan fingerprint density at radius 3 is 2.32 bits per heavy atom. The molecule has 1 saturated carbocycles. The number of para-hydroxylation sites is 1. The van der Waals surface area contributed by atoms with Gasteiger partial charge in [-0.25, -0.2) is 4.99 Å². The Morgan fingerprint density at radius 2 is 1.74 bits per heavy atom. The second-order valence-electron chi connectivity index (χ2n) is 8.07. The number of hydrogen-bond donors (Lipinski definition) is 1. The fourth-order valence-corrected chi connectivity index (χ4v) is 4.81. The molecule has 2 fully saturated rings. The van der Waals surface area contributed by atoms with Crippen LogP contribution in [-0.2, 0) is 9.59 Å². The number of nitrogens with one attached hydrogen (secondary N) is 1. The third-order valence-electron chi connectivity index (χ3n) is 5.47. The number of rotatable bonds is 6. The molecule has 2 aliphatic rings. The van der Waals surface area contributed by atoms with Crippen LogP contribution in [-0.4, -0.2) is 39.0 Å². The number of carbonyl (C=O) groups is 3. The summed E-state index contributed by atoms with van der Waals surface area (Å²) >= 11 is 1.37. The molecule has 6 nitrogen and oxygen atoms in total. The lowest BCUT2D eigenvalue weighted by Gasteiger charge is -2.16. The zero-order valence-electron chi connectivity index (χ0n) is 17.8. The number of hydrogen-bond acceptors (Lipinski definition) is 5. The van der Waals surface area contributed by atoms with Gasteiger partial charge in [-0.1, -0.05) is 30.0 Å². The van der Waals surface area contributed by atoms with Gasteiger partial charge in [0.05, 0.1) is 5.69 Å². The van der Waals surface area contributed by atoms with Crippen LogP contribution < -0.4 is 5.32 Å². The fraction of sp³-hybridized carbons (Fsp3) is 0.333. The second-order valence-corrected chi connectivity index (χ2v) is 9.24. The highest BCUT2D eigenvalue weighted by Gasteiger charge is 2.46. The SMILES string of the molecule is CC(=O)c1ccc(NC(=O)CC2SC(=Nc3c(C)cccc3C)N(C3CC3)C2=O)cc1. The summed E-state index contributed by atoms with van der Waals surface area (Å²) in [6, 6.07) is 13.0. The minimum absolute atomic E-state index is 0.0262. The summed E-state index contributed by atoms with van der Waals surface area (Å²) < 4.78 is 0. The van der Waals surface area contributed by atoms with Gasteiger partial charge in [-0.15, -0.1) is 0 Å². The van der Waals surface area contributed by atoms with E-state index >= 15 is 0 Å². The summed E-state index contributed by atoms with van der Waals surface area (Å²) in [4.78, 5) is 43.7. The monoisotopic (exact) mass is 435 g/mol. The lowest BCUT2D eigenvalue weighted by molar-refractivity contribution is -0.128. The van der Waals surface area contributed by atoms with Crippen molar-refractivity contribution in [2.24, 2.45) is 4.99 Å². The number of ketones is 1. The van der Waals surface area contributed by atoms with Crippen molar-refractivity contribution in [3.8, 4) is 0 Å². The lowest BCUT2D eigenvalue weighted by Crippen LogP contribution is -2.35. The van der Waals surface area contributed by atoms with Crippen molar-refractivity contribution in [3.05, 3.63) is 59.2 Å². The lowest BCUT2D eigenvalue weighted by atomic mass is 10.1. The number of anilines is 1. The molecule has 0 radical (unpaired) electrons. The van der Waals surface area contributed by atoms with E-state index in [0.29, 0.717) is 16.4 Å². The number of aliphatic imine (C=N–C) groups is 1. The van der Waals surface area contributed by atoms with E-state index in [1.807, 2.05) is 32.0 Å². The quantitative estimate of drug-likeness (QED) is 0.671. The molecule has 4 rings (SSSR count). The van der Waals surface area contributed by atoms with Crippen molar-refractivity contribution >= 4 is 45.9 Å². The maximum Gasteiger partial charge on any atom is 0.242 e. The average molecular weight is 436 g/mol. The van der Waals surface area contributed by atoms with Crippen LogP contribution in [0.2, 0.25) is 0 Å². The normalized spacial score (nSPS) is 19.7. The van der Waals surface area contributed by atoms with Gasteiger partial charge >= 0.3 is 0 Å². The Labute approximate surface area is 186 Å². The maximum atomic E-state index is 13.1. The fourth-order valence-electron chi connectivity index (χ4n) is 3.61. The highest BCUT2D eigenvalue weighted by Crippen LogP contribution is 2.40. The molecule has 1 atom stereocenters. The maximum absolute atomic E-state index is 13.1. The first-order chi connectivity index (χ1) is 14.8. The summed E-state index contributed by atoms with van der Waals surface area (Å²) in [7, 11) is 0. The minimum Gasteiger partial charge on any atom is -0.326 e. The molecule has 2 amide bonds. The van der Waals surface area contributed by atoms with Crippen molar-refractivity contribution < 1.29 is 14.4 Å². The number of aryl methyl sites for hydroxylation is 2. The van der Waals surface area contributed by atoms with Gasteiger partial charge in [0, 0.05) is 23.7 Å². The average Bonchev–Trinajstić information content (AvgIpc) is 3.51. The zero-order valence-corrected chi connectivity index (χ0v) is 18.7. The molecule has 1 saturated heterocycles. The minimum atomic E-state index is -0.486. The van der Waals surface area contributed by atoms with Crippen LogP contribution in [0.5, 0.6) is 0 Å². The number of thioether (sulfide) groups is 1. The summed E-state index contributed by atoms with van der Waals surface area (Å²) in [5, 5.41) is 3.03. The molecule has 1 heterocycles. The molecule has 1 aliphatic carbocycles. The van der Waals surface area contributed by atoms with Gasteiger partial charge in [-0.05, 0) is 69.0 Å². The Hall–Kier alpha value is -2.93. The molecular formula is C24H25N3O3S. The summed E-state index contributed by atoms with van der Waals surface area (Å²) in [6.45, 7) is 5.52. The van der Waals surface area contributed by atoms with Crippen molar-refractivity contribution in [1.82, 2.24) is 4.90 Å². The van der Waals surface area contributed by atoms with Crippen LogP contribution in [0.4, 0.5) is 11.4 Å². The molecule has 160 valence electrons. The van der Waals surface area contributed by atoms with Crippen LogP contribution in [0.3, 0.4) is 0 Å². The Bertz CT molecular complexity index is 1050. The smallest absolute Gasteiger partial charge is 0.242 e. The van der Waals surface area contributed by atoms with Crippen molar-refractivity contribution in [2.75, 3.05) is 5.32 Å². The van der Waals surface area contributed by atoms with Crippen LogP contribution in [0.15, 0.2) is 47.5 Å². The summed E-state index contributed by atoms with van der Waals surface area (Å²) in [6.07, 6.45) is 2.02. The van der Waals surface area contributed by atoms with Gasteiger partial charge in [0.2, 0.25) is 11.8 Å². The molecule has 31 heavy (non-hydrogen) atoms. The van der Waals surface area contributed by atoms with E-state index in [1.54, 1.807) is 29.2 Å². The van der Waals surface area contributed by atoms with E-state index in [-0.39, 0.29) is 30.1 Å². The number of amidine groups is 1. The van der Waals surface area contributed by atoms with Crippen molar-refractivity contribution in [1.29, 1.82) is 0 Å². The second kappa shape index (κ2) is 8.67. The molecule has 0 spiro atoms. The van der Waals surface area contributed by atoms with E-state index in [2.05, 4.69) is 5.32 Å². The van der Waals surface area contributed by atoms with Gasteiger partial charge in [0.15, 0.2) is 11.0 Å². The Balaban J connectivity index is 1.49. The van der Waals surface area contributed by atoms with Gasteiger partial charge in [0.1, 0.15) is 5.25 Å². The molecule has 0 aromatic heterocycles. The highest BCUT2D eigenvalue weighted by molar-refractivity contribution is 8.15. The summed E-state index contributed by atoms with van der Waals surface area (Å²) in [5.74, 6) is -0.299. The highest BCUT2D eigenvalue weighted by atomic mass is 32.2. The van der Waals surface area contributed by atoms with Crippen LogP contribution >= 0.6 is 11.8 Å². The molecule has 2 aromatic rings. The molecule has 2 aromatic carbocycles. The van der Waals surface area contributed by atoms with Crippen LogP contribution in [0.1, 0.15) is 47.7 Å². The first-order valence-corrected chi connectivity index (χ1v) is 11.3. The number of carbonyl (C=O) groups excluding carboxylic acids is 3. The molecule has 1 aliphatic heterocycles. The Morgan fingerprint density at radius 1 is 1.10 bits per heavy atom. The molecule has 1 unspecified atom stereocenters. The Kier molecular flexibility index (Phi) is 5.96.